The summed E-state index contributed by atoms with van der Waals surface area (Å²) >= 11 is 3.17. The van der Waals surface area contributed by atoms with E-state index in [1.807, 2.05) is 6.07 Å². The van der Waals surface area contributed by atoms with Gasteiger partial charge in [0.2, 0.25) is 0 Å². The smallest absolute Gasteiger partial charge is 0.102 e. The van der Waals surface area contributed by atoms with Gasteiger partial charge in [-0.25, -0.2) is 0 Å². The van der Waals surface area contributed by atoms with Crippen LogP contribution in [-0.2, 0) is 0 Å². The summed E-state index contributed by atoms with van der Waals surface area (Å²) in [6.45, 7) is 0. The molecule has 0 aromatic carbocycles. The van der Waals surface area contributed by atoms with Crippen molar-refractivity contribution in [2.24, 2.45) is 0 Å². The van der Waals surface area contributed by atoms with Gasteiger partial charge in [0.1, 0.15) is 6.07 Å². The summed E-state index contributed by atoms with van der Waals surface area (Å²) < 4.78 is 0.819. The zero-order valence-corrected chi connectivity index (χ0v) is 5.57. The molecule has 0 bridgehead atoms. The van der Waals surface area contributed by atoms with Crippen LogP contribution in [0.25, 0.3) is 0 Å². The van der Waals surface area contributed by atoms with Gasteiger partial charge in [0.05, 0.1) is 10.0 Å². The van der Waals surface area contributed by atoms with Gasteiger partial charge < -0.3 is 4.98 Å². The van der Waals surface area contributed by atoms with E-state index in [0.29, 0.717) is 5.56 Å². The summed E-state index contributed by atoms with van der Waals surface area (Å²) in [7, 11) is 0. The highest BCUT2D eigenvalue weighted by atomic mass is 79.9. The number of hydrogen-bond acceptors (Lipinski definition) is 1. The number of nitrogens with zero attached hydrogens (tertiary/aromatic N) is 1. The molecule has 8 heavy (non-hydrogen) atoms. The van der Waals surface area contributed by atoms with Crippen LogP contribution in [0.15, 0.2) is 16.9 Å². The highest BCUT2D eigenvalue weighted by Gasteiger charge is 1.94. The summed E-state index contributed by atoms with van der Waals surface area (Å²) in [4.78, 5) is 2.78. The Morgan fingerprint density at radius 1 is 1.62 bits per heavy atom. The number of aromatic amines is 1. The van der Waals surface area contributed by atoms with Gasteiger partial charge in [0, 0.05) is 12.4 Å². The van der Waals surface area contributed by atoms with Crippen molar-refractivity contribution in [3.63, 3.8) is 0 Å². The van der Waals surface area contributed by atoms with Gasteiger partial charge >= 0.3 is 0 Å². The lowest BCUT2D eigenvalue weighted by atomic mass is 10.4. The Labute approximate surface area is 55.3 Å². The third-order valence-corrected chi connectivity index (χ3v) is 1.47. The van der Waals surface area contributed by atoms with E-state index in [1.54, 1.807) is 12.4 Å². The molecule has 1 aromatic heterocycles. The van der Waals surface area contributed by atoms with Crippen LogP contribution in [0.2, 0.25) is 0 Å². The maximum absolute atomic E-state index is 8.31. The van der Waals surface area contributed by atoms with Gasteiger partial charge in [-0.3, -0.25) is 0 Å². The van der Waals surface area contributed by atoms with E-state index in [-0.39, 0.29) is 0 Å². The normalized spacial score (nSPS) is 8.50. The SMILES string of the molecule is N#Cc1c[nH]cc1Br. The van der Waals surface area contributed by atoms with Crippen LogP contribution < -0.4 is 0 Å². The van der Waals surface area contributed by atoms with Crippen LogP contribution in [0.4, 0.5) is 0 Å². The monoisotopic (exact) mass is 170 g/mol. The molecule has 1 N–H and O–H groups in total. The van der Waals surface area contributed by atoms with Crippen molar-refractivity contribution < 1.29 is 0 Å². The molecule has 0 atom stereocenters. The Morgan fingerprint density at radius 3 is 2.62 bits per heavy atom. The number of nitriles is 1. The second kappa shape index (κ2) is 2.01. The van der Waals surface area contributed by atoms with Crippen LogP contribution in [0.3, 0.4) is 0 Å². The Balaban J connectivity index is 3.15. The van der Waals surface area contributed by atoms with Gasteiger partial charge in [0.15, 0.2) is 0 Å². The average Bonchev–Trinajstić information content (AvgIpc) is 2.14. The fourth-order valence-corrected chi connectivity index (χ4v) is 0.766. The summed E-state index contributed by atoms with van der Waals surface area (Å²) in [5.74, 6) is 0. The third kappa shape index (κ3) is 0.749. The molecule has 0 aliphatic rings. The number of H-pyrrole nitrogens is 1. The number of rotatable bonds is 0. The largest absolute Gasteiger partial charge is 0.365 e. The maximum Gasteiger partial charge on any atom is 0.102 e. The molecule has 0 aliphatic carbocycles. The maximum atomic E-state index is 8.31. The number of aromatic nitrogens is 1. The van der Waals surface area contributed by atoms with Gasteiger partial charge in [-0.1, -0.05) is 0 Å². The molecule has 0 saturated carbocycles. The van der Waals surface area contributed by atoms with Crippen LogP contribution in [-0.4, -0.2) is 4.98 Å². The Kier molecular flexibility index (Phi) is 1.36. The molecule has 0 unspecified atom stereocenters. The Morgan fingerprint density at radius 2 is 2.38 bits per heavy atom. The molecular weight excluding hydrogens is 168 g/mol. The van der Waals surface area contributed by atoms with Crippen molar-refractivity contribution in [2.75, 3.05) is 0 Å². The van der Waals surface area contributed by atoms with E-state index in [9.17, 15) is 0 Å². The predicted octanol–water partition coefficient (Wildman–Crippen LogP) is 1.65. The number of hydrogen-bond donors (Lipinski definition) is 1. The van der Waals surface area contributed by atoms with Gasteiger partial charge in [0.25, 0.3) is 0 Å². The first-order valence-electron chi connectivity index (χ1n) is 2.07. The quantitative estimate of drug-likeness (QED) is 0.633. The number of halogens is 1. The molecule has 0 radical (unpaired) electrons. The molecule has 40 valence electrons. The summed E-state index contributed by atoms with van der Waals surface area (Å²) in [6, 6.07) is 2.00. The molecule has 0 aliphatic heterocycles. The van der Waals surface area contributed by atoms with E-state index in [1.165, 1.54) is 0 Å². The van der Waals surface area contributed by atoms with Gasteiger partial charge in [-0.2, -0.15) is 5.26 Å². The van der Waals surface area contributed by atoms with Crippen molar-refractivity contribution in [1.29, 1.82) is 5.26 Å². The second-order valence-corrected chi connectivity index (χ2v) is 2.18. The lowest BCUT2D eigenvalue weighted by Crippen LogP contribution is -1.61. The molecule has 0 fully saturated rings. The minimum Gasteiger partial charge on any atom is -0.365 e. The van der Waals surface area contributed by atoms with Crippen molar-refractivity contribution >= 4 is 15.9 Å². The molecule has 0 saturated heterocycles. The fourth-order valence-electron chi connectivity index (χ4n) is 0.431. The molecule has 1 rings (SSSR count). The zero-order chi connectivity index (χ0) is 5.98. The predicted molar refractivity (Wildman–Crippen MR) is 33.2 cm³/mol. The average molecular weight is 171 g/mol. The van der Waals surface area contributed by atoms with E-state index in [4.69, 9.17) is 5.26 Å². The topological polar surface area (TPSA) is 39.6 Å². The Bertz CT molecular complexity index is 221. The van der Waals surface area contributed by atoms with Crippen molar-refractivity contribution in [2.45, 2.75) is 0 Å². The molecule has 0 spiro atoms. The molecule has 0 amide bonds. The van der Waals surface area contributed by atoms with E-state index < -0.39 is 0 Å². The summed E-state index contributed by atoms with van der Waals surface area (Å²) in [5, 5.41) is 8.31. The second-order valence-electron chi connectivity index (χ2n) is 1.33. The highest BCUT2D eigenvalue weighted by Crippen LogP contribution is 2.12. The lowest BCUT2D eigenvalue weighted by Gasteiger charge is -1.73. The standard InChI is InChI=1S/C5H3BrN2/c6-5-3-8-2-4(5)1-7/h2-3,8H. The molecule has 1 heterocycles. The van der Waals surface area contributed by atoms with Crippen LogP contribution >= 0.6 is 15.9 Å². The van der Waals surface area contributed by atoms with Crippen LogP contribution in [0, 0.1) is 11.3 Å². The summed E-state index contributed by atoms with van der Waals surface area (Å²) in [6.07, 6.45) is 3.36. The first kappa shape index (κ1) is 5.39. The lowest BCUT2D eigenvalue weighted by molar-refractivity contribution is 1.40. The minimum atomic E-state index is 0.644. The summed E-state index contributed by atoms with van der Waals surface area (Å²) in [5.41, 5.74) is 0.644. The molecular formula is C5H3BrN2. The van der Waals surface area contributed by atoms with Gasteiger partial charge in [-0.05, 0) is 15.9 Å². The fraction of sp³-hybridized carbons (Fsp3) is 0. The minimum absolute atomic E-state index is 0.644. The third-order valence-electron chi connectivity index (χ3n) is 0.815. The first-order chi connectivity index (χ1) is 3.84. The number of nitrogens with one attached hydrogen (secondary N) is 1. The van der Waals surface area contributed by atoms with Crippen molar-refractivity contribution in [3.8, 4) is 6.07 Å². The van der Waals surface area contributed by atoms with Gasteiger partial charge in [-0.15, -0.1) is 0 Å². The van der Waals surface area contributed by atoms with Crippen LogP contribution in [0.5, 0.6) is 0 Å². The zero-order valence-electron chi connectivity index (χ0n) is 3.98. The first-order valence-corrected chi connectivity index (χ1v) is 2.86. The Hall–Kier alpha value is -0.750. The molecule has 3 heteroatoms. The van der Waals surface area contributed by atoms with Crippen molar-refractivity contribution in [1.82, 2.24) is 4.98 Å². The molecule has 2 nitrogen and oxygen atoms in total. The van der Waals surface area contributed by atoms with Crippen LogP contribution in [0.1, 0.15) is 5.56 Å². The van der Waals surface area contributed by atoms with Crippen molar-refractivity contribution in [3.05, 3.63) is 22.4 Å². The molecule has 1 aromatic rings. The van der Waals surface area contributed by atoms with E-state index in [2.05, 4.69) is 20.9 Å². The van der Waals surface area contributed by atoms with E-state index >= 15 is 0 Å². The van der Waals surface area contributed by atoms with E-state index in [0.717, 1.165) is 4.47 Å². The highest BCUT2D eigenvalue weighted by molar-refractivity contribution is 9.10.